The molecule has 0 aromatic rings. The van der Waals surface area contributed by atoms with Gasteiger partial charge in [-0.25, -0.2) is 0 Å². The highest BCUT2D eigenvalue weighted by Crippen LogP contribution is 2.64. The second-order valence-electron chi connectivity index (χ2n) is 7.62. The summed E-state index contributed by atoms with van der Waals surface area (Å²) in [6, 6.07) is 0. The summed E-state index contributed by atoms with van der Waals surface area (Å²) in [5.74, 6) is 0. The lowest BCUT2D eigenvalue weighted by Gasteiger charge is -2.57. The zero-order valence-corrected chi connectivity index (χ0v) is 16.5. The van der Waals surface area contributed by atoms with E-state index in [-0.39, 0.29) is 19.9 Å². The van der Waals surface area contributed by atoms with Crippen molar-refractivity contribution >= 4 is 43.5 Å². The van der Waals surface area contributed by atoms with Crippen LogP contribution in [-0.4, -0.2) is 36.4 Å². The highest BCUT2D eigenvalue weighted by molar-refractivity contribution is 9.09. The van der Waals surface area contributed by atoms with Crippen molar-refractivity contribution in [2.75, 3.05) is 0 Å². The van der Waals surface area contributed by atoms with Crippen molar-refractivity contribution in [3.63, 3.8) is 0 Å². The van der Waals surface area contributed by atoms with Crippen LogP contribution in [0.4, 0.5) is 0 Å². The van der Waals surface area contributed by atoms with Crippen molar-refractivity contribution in [2.45, 2.75) is 79.6 Å². The van der Waals surface area contributed by atoms with Crippen molar-refractivity contribution in [3.8, 4) is 0 Å². The molecule has 0 spiro atoms. The molecule has 5 heteroatoms. The fourth-order valence-corrected chi connectivity index (χ4v) is 5.85. The van der Waals surface area contributed by atoms with Crippen molar-refractivity contribution in [1.82, 2.24) is 0 Å². The highest BCUT2D eigenvalue weighted by atomic mass is 79.9. The second-order valence-corrected chi connectivity index (χ2v) is 10.7. The highest BCUT2D eigenvalue weighted by Gasteiger charge is 2.67. The average Bonchev–Trinajstić information content (AvgIpc) is 2.47. The number of alkyl halides is 3. The monoisotopic (exact) mass is 430 g/mol. The first kappa shape index (κ1) is 17.5. The minimum atomic E-state index is -0.902. The Morgan fingerprint density at radius 2 is 1.60 bits per heavy atom. The molecule has 118 valence electrons. The summed E-state index contributed by atoms with van der Waals surface area (Å²) in [5, 5.41) is 22.0. The Labute approximate surface area is 143 Å². The summed E-state index contributed by atoms with van der Waals surface area (Å²) < 4.78 is 0. The molecule has 2 N–H and O–H groups in total. The van der Waals surface area contributed by atoms with Gasteiger partial charge in [0.1, 0.15) is 0 Å². The van der Waals surface area contributed by atoms with Gasteiger partial charge in [-0.3, -0.25) is 0 Å². The molecule has 2 aliphatic carbocycles. The average molecular weight is 433 g/mol. The van der Waals surface area contributed by atoms with E-state index >= 15 is 0 Å². The third-order valence-electron chi connectivity index (χ3n) is 6.38. The van der Waals surface area contributed by atoms with Crippen molar-refractivity contribution < 1.29 is 10.2 Å². The summed E-state index contributed by atoms with van der Waals surface area (Å²) in [4.78, 5) is -0.0777. The van der Waals surface area contributed by atoms with E-state index in [9.17, 15) is 10.2 Å². The van der Waals surface area contributed by atoms with E-state index in [1.54, 1.807) is 0 Å². The lowest BCUT2D eigenvalue weighted by molar-refractivity contribution is -0.179. The van der Waals surface area contributed by atoms with Crippen molar-refractivity contribution in [2.24, 2.45) is 10.8 Å². The SMILES string of the molecule is CC1(Cl)CCC(O)(C2(C)C(O)CC(Br)C2(C)C)CC1Br. The molecule has 0 bridgehead atoms. The molecule has 0 aliphatic heterocycles. The molecule has 2 rings (SSSR count). The summed E-state index contributed by atoms with van der Waals surface area (Å²) in [7, 11) is 0. The van der Waals surface area contributed by atoms with Crippen LogP contribution in [0.5, 0.6) is 0 Å². The lowest BCUT2D eigenvalue weighted by Crippen LogP contribution is -2.62. The van der Waals surface area contributed by atoms with Crippen LogP contribution < -0.4 is 0 Å². The van der Waals surface area contributed by atoms with Gasteiger partial charge in [0.25, 0.3) is 0 Å². The number of halogens is 3. The Morgan fingerprint density at radius 3 is 2.00 bits per heavy atom. The first-order valence-electron chi connectivity index (χ1n) is 7.26. The van der Waals surface area contributed by atoms with Gasteiger partial charge in [0.15, 0.2) is 0 Å². The smallest absolute Gasteiger partial charge is 0.0743 e. The van der Waals surface area contributed by atoms with Crippen LogP contribution in [0.1, 0.15) is 53.4 Å². The Kier molecular flexibility index (Phi) is 4.46. The van der Waals surface area contributed by atoms with E-state index in [1.807, 2.05) is 13.8 Å². The molecule has 0 amide bonds. The van der Waals surface area contributed by atoms with Gasteiger partial charge in [0.2, 0.25) is 0 Å². The molecule has 0 aromatic carbocycles. The fraction of sp³-hybridized carbons (Fsp3) is 1.00. The molecule has 2 aliphatic rings. The topological polar surface area (TPSA) is 40.5 Å². The minimum Gasteiger partial charge on any atom is -0.392 e. The minimum absolute atomic E-state index is 0.0459. The maximum atomic E-state index is 11.4. The van der Waals surface area contributed by atoms with E-state index in [4.69, 9.17) is 11.6 Å². The molecular weight excluding hydrogens is 407 g/mol. The zero-order valence-electron chi connectivity index (χ0n) is 12.6. The molecular formula is C15H25Br2ClO2. The van der Waals surface area contributed by atoms with Crippen LogP contribution in [0, 0.1) is 10.8 Å². The van der Waals surface area contributed by atoms with Gasteiger partial charge in [0.05, 0.1) is 16.6 Å². The molecule has 0 saturated heterocycles. The molecule has 2 nitrogen and oxygen atoms in total. The van der Waals surface area contributed by atoms with Crippen LogP contribution in [0.2, 0.25) is 0 Å². The second kappa shape index (κ2) is 5.09. The number of hydrogen-bond acceptors (Lipinski definition) is 2. The van der Waals surface area contributed by atoms with E-state index in [2.05, 4.69) is 45.7 Å². The summed E-state index contributed by atoms with van der Waals surface area (Å²) >= 11 is 13.8. The molecule has 2 saturated carbocycles. The van der Waals surface area contributed by atoms with Crippen molar-refractivity contribution in [3.05, 3.63) is 0 Å². The quantitative estimate of drug-likeness (QED) is 0.609. The van der Waals surface area contributed by atoms with Gasteiger partial charge in [-0.1, -0.05) is 52.6 Å². The lowest BCUT2D eigenvalue weighted by atomic mass is 9.54. The summed E-state index contributed by atoms with van der Waals surface area (Å²) in [6.07, 6.45) is 2.12. The van der Waals surface area contributed by atoms with E-state index in [0.29, 0.717) is 19.3 Å². The van der Waals surface area contributed by atoms with E-state index in [1.165, 1.54) is 0 Å². The van der Waals surface area contributed by atoms with E-state index in [0.717, 1.165) is 6.42 Å². The number of aliphatic hydroxyl groups is 2. The molecule has 0 heterocycles. The van der Waals surface area contributed by atoms with Gasteiger partial charge >= 0.3 is 0 Å². The summed E-state index contributed by atoms with van der Waals surface area (Å²) in [5.41, 5.74) is -1.64. The molecule has 0 aromatic heterocycles. The van der Waals surface area contributed by atoms with Crippen LogP contribution in [-0.2, 0) is 0 Å². The maximum absolute atomic E-state index is 11.4. The third kappa shape index (κ3) is 2.24. The number of aliphatic hydroxyl groups excluding tert-OH is 1. The molecule has 2 fully saturated rings. The van der Waals surface area contributed by atoms with Crippen LogP contribution >= 0.6 is 43.5 Å². The number of hydrogen-bond donors (Lipinski definition) is 2. The predicted octanol–water partition coefficient (Wildman–Crippen LogP) is 4.22. The third-order valence-corrected chi connectivity index (χ3v) is 9.95. The molecule has 6 unspecified atom stereocenters. The normalized spacial score (nSPS) is 56.0. The first-order valence-corrected chi connectivity index (χ1v) is 9.47. The van der Waals surface area contributed by atoms with Crippen molar-refractivity contribution in [1.29, 1.82) is 0 Å². The maximum Gasteiger partial charge on any atom is 0.0743 e. The van der Waals surface area contributed by atoms with Crippen LogP contribution in [0.15, 0.2) is 0 Å². The molecule has 20 heavy (non-hydrogen) atoms. The van der Waals surface area contributed by atoms with Gasteiger partial charge in [-0.2, -0.15) is 0 Å². The van der Waals surface area contributed by atoms with Gasteiger partial charge in [0, 0.05) is 15.1 Å². The van der Waals surface area contributed by atoms with Gasteiger partial charge in [-0.15, -0.1) is 11.6 Å². The first-order chi connectivity index (χ1) is 8.88. The zero-order chi connectivity index (χ0) is 15.6. The Bertz CT molecular complexity index is 401. The standard InChI is InChI=1S/C15H25Br2ClO2/c1-12(2)9(16)7-11(19)14(12,4)15(20)6-5-13(3,18)10(17)8-15/h9-11,19-20H,5-8H2,1-4H3. The predicted molar refractivity (Wildman–Crippen MR) is 91.0 cm³/mol. The fourth-order valence-electron chi connectivity index (χ4n) is 4.08. The summed E-state index contributed by atoms with van der Waals surface area (Å²) in [6.45, 7) is 8.33. The van der Waals surface area contributed by atoms with Gasteiger partial charge < -0.3 is 10.2 Å². The Balaban J connectivity index is 2.39. The van der Waals surface area contributed by atoms with Crippen LogP contribution in [0.3, 0.4) is 0 Å². The largest absolute Gasteiger partial charge is 0.392 e. The number of rotatable bonds is 1. The van der Waals surface area contributed by atoms with Crippen LogP contribution in [0.25, 0.3) is 0 Å². The van der Waals surface area contributed by atoms with Gasteiger partial charge in [-0.05, 0) is 38.0 Å². The Hall–Kier alpha value is 1.17. The molecule has 0 radical (unpaired) electrons. The Morgan fingerprint density at radius 1 is 1.05 bits per heavy atom. The van der Waals surface area contributed by atoms with E-state index < -0.39 is 17.1 Å². The molecule has 6 atom stereocenters.